The first kappa shape index (κ1) is 19.5. The van der Waals surface area contributed by atoms with Gasteiger partial charge in [-0.2, -0.15) is 0 Å². The molecule has 0 N–H and O–H groups in total. The highest BCUT2D eigenvalue weighted by atomic mass is 16.5. The third kappa shape index (κ3) is 3.52. The van der Waals surface area contributed by atoms with Crippen molar-refractivity contribution in [3.8, 4) is 0 Å². The molecule has 2 saturated heterocycles. The third-order valence-electron chi connectivity index (χ3n) is 6.01. The van der Waals surface area contributed by atoms with Crippen molar-refractivity contribution >= 4 is 11.9 Å². The minimum Gasteiger partial charge on any atom is -0.464 e. The number of pyridine rings is 1. The van der Waals surface area contributed by atoms with Crippen molar-refractivity contribution in [2.75, 3.05) is 33.9 Å². The van der Waals surface area contributed by atoms with E-state index in [-0.39, 0.29) is 18.6 Å². The Bertz CT molecular complexity index is 904. The van der Waals surface area contributed by atoms with E-state index in [0.717, 1.165) is 24.2 Å². The van der Waals surface area contributed by atoms with E-state index in [2.05, 4.69) is 22.0 Å². The highest BCUT2D eigenvalue weighted by Crippen LogP contribution is 2.42. The fraction of sp³-hybridized carbons (Fsp3) is 0.409. The quantitative estimate of drug-likeness (QED) is 0.736. The van der Waals surface area contributed by atoms with Crippen LogP contribution in [0.4, 0.5) is 0 Å². The van der Waals surface area contributed by atoms with Gasteiger partial charge in [0.05, 0.1) is 24.4 Å². The number of morpholine rings is 1. The summed E-state index contributed by atoms with van der Waals surface area (Å²) >= 11 is 0. The van der Waals surface area contributed by atoms with Crippen molar-refractivity contribution in [2.24, 2.45) is 0 Å². The summed E-state index contributed by atoms with van der Waals surface area (Å²) in [6.07, 6.45) is 0.630. The lowest BCUT2D eigenvalue weighted by Gasteiger charge is -2.54. The van der Waals surface area contributed by atoms with Crippen LogP contribution in [0.1, 0.15) is 28.2 Å². The number of aromatic nitrogens is 1. The highest BCUT2D eigenvalue weighted by Gasteiger charge is 2.52. The van der Waals surface area contributed by atoms with E-state index in [0.29, 0.717) is 18.8 Å². The van der Waals surface area contributed by atoms with Gasteiger partial charge in [-0.1, -0.05) is 36.4 Å². The first-order valence-corrected chi connectivity index (χ1v) is 9.75. The molecule has 3 heterocycles. The summed E-state index contributed by atoms with van der Waals surface area (Å²) < 4.78 is 10.8. The molecule has 2 aliphatic heterocycles. The van der Waals surface area contributed by atoms with Gasteiger partial charge in [-0.3, -0.25) is 9.69 Å². The Balaban J connectivity index is 1.56. The van der Waals surface area contributed by atoms with Crippen LogP contribution >= 0.6 is 0 Å². The molecule has 2 aromatic rings. The summed E-state index contributed by atoms with van der Waals surface area (Å²) in [5.41, 5.74) is 1.75. The Morgan fingerprint density at radius 2 is 2.03 bits per heavy atom. The Labute approximate surface area is 170 Å². The molecule has 7 heteroatoms. The zero-order chi connectivity index (χ0) is 20.4. The van der Waals surface area contributed by atoms with Crippen LogP contribution in [-0.4, -0.2) is 66.6 Å². The SMILES string of the molecule is COC(=O)c1cccc(CN2CC[C@]3(c4ccccc4)[C@@H](C2)OCC(=O)N3C)n1. The Morgan fingerprint density at radius 3 is 2.79 bits per heavy atom. The molecule has 1 amide bonds. The highest BCUT2D eigenvalue weighted by molar-refractivity contribution is 5.87. The van der Waals surface area contributed by atoms with Crippen molar-refractivity contribution in [1.82, 2.24) is 14.8 Å². The van der Waals surface area contributed by atoms with E-state index >= 15 is 0 Å². The van der Waals surface area contributed by atoms with Gasteiger partial charge in [0.25, 0.3) is 0 Å². The van der Waals surface area contributed by atoms with Gasteiger partial charge < -0.3 is 14.4 Å². The number of nitrogens with zero attached hydrogens (tertiary/aromatic N) is 3. The maximum atomic E-state index is 12.5. The average molecular weight is 395 g/mol. The molecule has 0 bridgehead atoms. The van der Waals surface area contributed by atoms with Crippen LogP contribution in [0.3, 0.4) is 0 Å². The maximum absolute atomic E-state index is 12.5. The number of amides is 1. The number of methoxy groups -OCH3 is 1. The molecular formula is C22H25N3O4. The number of piperidine rings is 1. The lowest BCUT2D eigenvalue weighted by Crippen LogP contribution is -2.66. The van der Waals surface area contributed by atoms with Crippen LogP contribution in [0.25, 0.3) is 0 Å². The van der Waals surface area contributed by atoms with Gasteiger partial charge in [-0.15, -0.1) is 0 Å². The van der Waals surface area contributed by atoms with Crippen LogP contribution in [0.5, 0.6) is 0 Å². The number of ether oxygens (including phenoxy) is 2. The average Bonchev–Trinajstić information content (AvgIpc) is 2.77. The van der Waals surface area contributed by atoms with E-state index in [1.807, 2.05) is 42.3 Å². The lowest BCUT2D eigenvalue weighted by atomic mass is 9.76. The summed E-state index contributed by atoms with van der Waals surface area (Å²) in [6, 6.07) is 15.5. The summed E-state index contributed by atoms with van der Waals surface area (Å²) in [5, 5.41) is 0. The van der Waals surface area contributed by atoms with Crippen LogP contribution < -0.4 is 0 Å². The molecule has 0 radical (unpaired) electrons. The molecule has 7 nitrogen and oxygen atoms in total. The molecule has 0 spiro atoms. The molecule has 2 fully saturated rings. The first-order chi connectivity index (χ1) is 14.0. The zero-order valence-electron chi connectivity index (χ0n) is 16.7. The van der Waals surface area contributed by atoms with E-state index in [1.54, 1.807) is 6.07 Å². The molecule has 2 aliphatic rings. The van der Waals surface area contributed by atoms with Gasteiger partial charge in [0.15, 0.2) is 0 Å². The number of likely N-dealkylation sites (N-methyl/N-ethyl adjacent to an activating group) is 1. The molecule has 1 aromatic carbocycles. The van der Waals surface area contributed by atoms with Crippen LogP contribution in [0, 0.1) is 0 Å². The van der Waals surface area contributed by atoms with Gasteiger partial charge in [-0.05, 0) is 24.1 Å². The second-order valence-corrected chi connectivity index (χ2v) is 7.53. The monoisotopic (exact) mass is 395 g/mol. The van der Waals surface area contributed by atoms with Crippen molar-refractivity contribution in [3.05, 3.63) is 65.5 Å². The maximum Gasteiger partial charge on any atom is 0.356 e. The van der Waals surface area contributed by atoms with Crippen molar-refractivity contribution in [3.63, 3.8) is 0 Å². The number of esters is 1. The Kier molecular flexibility index (Phi) is 5.34. The van der Waals surface area contributed by atoms with Gasteiger partial charge >= 0.3 is 5.97 Å². The summed E-state index contributed by atoms with van der Waals surface area (Å²) in [7, 11) is 3.23. The molecule has 2 atom stereocenters. The van der Waals surface area contributed by atoms with Gasteiger partial charge in [0.1, 0.15) is 12.3 Å². The minimum absolute atomic E-state index is 0.00555. The minimum atomic E-state index is -0.464. The molecule has 29 heavy (non-hydrogen) atoms. The van der Waals surface area contributed by atoms with E-state index < -0.39 is 11.5 Å². The normalized spacial score (nSPS) is 24.8. The van der Waals surface area contributed by atoms with Crippen molar-refractivity contribution < 1.29 is 19.1 Å². The molecule has 4 rings (SSSR count). The number of fused-ring (bicyclic) bond motifs is 1. The number of hydrogen-bond acceptors (Lipinski definition) is 6. The number of benzene rings is 1. The van der Waals surface area contributed by atoms with Crippen molar-refractivity contribution in [1.29, 1.82) is 0 Å². The van der Waals surface area contributed by atoms with E-state index in [4.69, 9.17) is 9.47 Å². The molecule has 152 valence electrons. The molecule has 0 aliphatic carbocycles. The second kappa shape index (κ2) is 7.93. The van der Waals surface area contributed by atoms with Crippen LogP contribution in [0.2, 0.25) is 0 Å². The molecule has 0 unspecified atom stereocenters. The van der Waals surface area contributed by atoms with Crippen LogP contribution in [-0.2, 0) is 26.4 Å². The fourth-order valence-corrected chi connectivity index (χ4v) is 4.44. The standard InChI is InChI=1S/C22H25N3O4/c1-24-20(26)15-29-19-14-25(12-11-22(19,24)16-7-4-3-5-8-16)13-17-9-6-10-18(23-17)21(27)28-2/h3-10,19H,11-15H2,1-2H3/t19-,22+/m1/s1. The summed E-state index contributed by atoms with van der Waals surface area (Å²) in [4.78, 5) is 32.8. The summed E-state index contributed by atoms with van der Waals surface area (Å²) in [6.45, 7) is 2.17. The summed E-state index contributed by atoms with van der Waals surface area (Å²) in [5.74, 6) is -0.435. The number of rotatable bonds is 4. The van der Waals surface area contributed by atoms with Gasteiger partial charge in [0, 0.05) is 26.7 Å². The van der Waals surface area contributed by atoms with Gasteiger partial charge in [0.2, 0.25) is 5.91 Å². The Hall–Kier alpha value is -2.77. The zero-order valence-corrected chi connectivity index (χ0v) is 16.7. The number of carbonyl (C=O) groups is 2. The number of hydrogen-bond donors (Lipinski definition) is 0. The van der Waals surface area contributed by atoms with E-state index in [9.17, 15) is 9.59 Å². The van der Waals surface area contributed by atoms with Gasteiger partial charge in [-0.25, -0.2) is 9.78 Å². The third-order valence-corrected chi connectivity index (χ3v) is 6.01. The van der Waals surface area contributed by atoms with E-state index in [1.165, 1.54) is 7.11 Å². The van der Waals surface area contributed by atoms with Crippen molar-refractivity contribution in [2.45, 2.75) is 24.6 Å². The molecular weight excluding hydrogens is 370 g/mol. The van der Waals surface area contributed by atoms with Crippen LogP contribution in [0.15, 0.2) is 48.5 Å². The largest absolute Gasteiger partial charge is 0.464 e. The first-order valence-electron chi connectivity index (χ1n) is 9.75. The predicted molar refractivity (Wildman–Crippen MR) is 106 cm³/mol. The fourth-order valence-electron chi connectivity index (χ4n) is 4.44. The molecule has 0 saturated carbocycles. The predicted octanol–water partition coefficient (Wildman–Crippen LogP) is 1.83. The lowest BCUT2D eigenvalue weighted by molar-refractivity contribution is -0.183. The number of carbonyl (C=O) groups excluding carboxylic acids is 2. The topological polar surface area (TPSA) is 72.0 Å². The number of likely N-dealkylation sites (tertiary alicyclic amines) is 1. The Morgan fingerprint density at radius 1 is 1.24 bits per heavy atom. The molecule has 1 aromatic heterocycles. The smallest absolute Gasteiger partial charge is 0.356 e. The second-order valence-electron chi connectivity index (χ2n) is 7.53.